The lowest BCUT2D eigenvalue weighted by Gasteiger charge is -2.40. The van der Waals surface area contributed by atoms with Gasteiger partial charge in [-0.3, -0.25) is 4.90 Å². The fraction of sp³-hybridized carbons (Fsp3) is 1.00. The van der Waals surface area contributed by atoms with Crippen LogP contribution in [0.4, 0.5) is 0 Å². The van der Waals surface area contributed by atoms with Crippen LogP contribution in [0, 0.1) is 5.41 Å². The molecule has 1 rings (SSSR count). The Bertz CT molecular complexity index is 220. The minimum Gasteiger partial charge on any atom is -0.394 e. The van der Waals surface area contributed by atoms with Gasteiger partial charge < -0.3 is 15.2 Å². The van der Waals surface area contributed by atoms with Gasteiger partial charge >= 0.3 is 0 Å². The van der Waals surface area contributed by atoms with Gasteiger partial charge in [-0.15, -0.1) is 0 Å². The Balaban J connectivity index is 2.53. The van der Waals surface area contributed by atoms with E-state index >= 15 is 0 Å². The fourth-order valence-electron chi connectivity index (χ4n) is 2.68. The highest BCUT2D eigenvalue weighted by molar-refractivity contribution is 4.84. The number of rotatable bonds is 8. The summed E-state index contributed by atoms with van der Waals surface area (Å²) in [5.74, 6) is 0. The summed E-state index contributed by atoms with van der Waals surface area (Å²) in [5, 5.41) is 12.7. The molecule has 0 aliphatic carbocycles. The number of nitrogens with one attached hydrogen (secondary N) is 1. The summed E-state index contributed by atoms with van der Waals surface area (Å²) in [5.41, 5.74) is 0.355. The number of nitrogens with zero attached hydrogens (tertiary/aromatic N) is 1. The molecule has 0 amide bonds. The highest BCUT2D eigenvalue weighted by Crippen LogP contribution is 2.27. The average molecular weight is 258 g/mol. The van der Waals surface area contributed by atoms with E-state index in [9.17, 15) is 5.11 Å². The minimum absolute atomic E-state index is 0.00398. The molecular weight excluding hydrogens is 228 g/mol. The van der Waals surface area contributed by atoms with Crippen LogP contribution in [0.2, 0.25) is 0 Å². The zero-order valence-electron chi connectivity index (χ0n) is 12.2. The molecule has 1 aliphatic heterocycles. The lowest BCUT2D eigenvalue weighted by atomic mass is 9.81. The maximum absolute atomic E-state index is 9.20. The largest absolute Gasteiger partial charge is 0.394 e. The SMILES string of the molecule is CCNCC(CC)(CC)CN1CCOC(CO)C1. The van der Waals surface area contributed by atoms with Crippen molar-refractivity contribution in [3.05, 3.63) is 0 Å². The standard InChI is InChI=1S/C14H30N2O2/c1-4-14(5-2,11-15-6-3)12-16-7-8-18-13(9-16)10-17/h13,15,17H,4-12H2,1-3H3. The molecule has 0 bridgehead atoms. The number of aliphatic hydroxyl groups is 1. The zero-order valence-corrected chi connectivity index (χ0v) is 12.2. The molecule has 0 aromatic carbocycles. The summed E-state index contributed by atoms with van der Waals surface area (Å²) in [6.07, 6.45) is 2.39. The second-order valence-corrected chi connectivity index (χ2v) is 5.40. The quantitative estimate of drug-likeness (QED) is 0.684. The first-order valence-corrected chi connectivity index (χ1v) is 7.35. The molecule has 1 saturated heterocycles. The summed E-state index contributed by atoms with van der Waals surface area (Å²) in [7, 11) is 0. The van der Waals surface area contributed by atoms with Crippen LogP contribution in [-0.4, -0.2) is 62.0 Å². The van der Waals surface area contributed by atoms with E-state index in [1.54, 1.807) is 0 Å². The second-order valence-electron chi connectivity index (χ2n) is 5.40. The molecule has 0 aromatic heterocycles. The van der Waals surface area contributed by atoms with Gasteiger partial charge in [0.1, 0.15) is 0 Å². The normalized spacial score (nSPS) is 22.3. The molecule has 1 atom stereocenters. The smallest absolute Gasteiger partial charge is 0.0932 e. The molecular formula is C14H30N2O2. The molecule has 18 heavy (non-hydrogen) atoms. The molecule has 1 heterocycles. The van der Waals surface area contributed by atoms with E-state index in [4.69, 9.17) is 4.74 Å². The molecule has 0 radical (unpaired) electrons. The Morgan fingerprint density at radius 2 is 2.06 bits per heavy atom. The topological polar surface area (TPSA) is 44.7 Å². The van der Waals surface area contributed by atoms with Crippen LogP contribution in [0.15, 0.2) is 0 Å². The van der Waals surface area contributed by atoms with Crippen molar-refractivity contribution in [1.82, 2.24) is 10.2 Å². The van der Waals surface area contributed by atoms with Crippen molar-refractivity contribution in [2.45, 2.75) is 39.7 Å². The highest BCUT2D eigenvalue weighted by atomic mass is 16.5. The summed E-state index contributed by atoms with van der Waals surface area (Å²) < 4.78 is 5.51. The first kappa shape index (κ1) is 15.9. The summed E-state index contributed by atoms with van der Waals surface area (Å²) in [6.45, 7) is 12.7. The number of morpholine rings is 1. The average Bonchev–Trinajstić information content (AvgIpc) is 2.44. The van der Waals surface area contributed by atoms with E-state index in [2.05, 4.69) is 31.0 Å². The van der Waals surface area contributed by atoms with Gasteiger partial charge in [0.15, 0.2) is 0 Å². The maximum Gasteiger partial charge on any atom is 0.0932 e. The fourth-order valence-corrected chi connectivity index (χ4v) is 2.68. The van der Waals surface area contributed by atoms with Gasteiger partial charge in [0.2, 0.25) is 0 Å². The first-order valence-electron chi connectivity index (χ1n) is 7.35. The van der Waals surface area contributed by atoms with Gasteiger partial charge in [0, 0.05) is 26.2 Å². The summed E-state index contributed by atoms with van der Waals surface area (Å²) in [6, 6.07) is 0. The predicted molar refractivity (Wildman–Crippen MR) is 74.8 cm³/mol. The first-order chi connectivity index (χ1) is 8.69. The van der Waals surface area contributed by atoms with Crippen molar-refractivity contribution < 1.29 is 9.84 Å². The van der Waals surface area contributed by atoms with Crippen LogP contribution >= 0.6 is 0 Å². The molecule has 0 spiro atoms. The Labute approximate surface area is 112 Å². The Morgan fingerprint density at radius 3 is 2.61 bits per heavy atom. The third-order valence-electron chi connectivity index (χ3n) is 4.24. The van der Waals surface area contributed by atoms with Gasteiger partial charge in [-0.2, -0.15) is 0 Å². The Kier molecular flexibility index (Phi) is 7.15. The molecule has 1 unspecified atom stereocenters. The third-order valence-corrected chi connectivity index (χ3v) is 4.24. The molecule has 108 valence electrons. The Hall–Kier alpha value is -0.160. The highest BCUT2D eigenvalue weighted by Gasteiger charge is 2.30. The number of hydrogen-bond acceptors (Lipinski definition) is 4. The molecule has 2 N–H and O–H groups in total. The van der Waals surface area contributed by atoms with E-state index in [-0.39, 0.29) is 12.7 Å². The van der Waals surface area contributed by atoms with Crippen molar-refractivity contribution in [2.75, 3.05) is 45.9 Å². The second kappa shape index (κ2) is 8.10. The van der Waals surface area contributed by atoms with Gasteiger partial charge in [0.05, 0.1) is 19.3 Å². The monoisotopic (exact) mass is 258 g/mol. The van der Waals surface area contributed by atoms with E-state index in [0.717, 1.165) is 39.3 Å². The third kappa shape index (κ3) is 4.50. The zero-order chi connectivity index (χ0) is 13.4. The van der Waals surface area contributed by atoms with Crippen molar-refractivity contribution >= 4 is 0 Å². The van der Waals surface area contributed by atoms with Crippen LogP contribution < -0.4 is 5.32 Å². The molecule has 1 aliphatic rings. The van der Waals surface area contributed by atoms with E-state index in [0.29, 0.717) is 5.41 Å². The van der Waals surface area contributed by atoms with E-state index in [1.165, 1.54) is 12.8 Å². The van der Waals surface area contributed by atoms with E-state index < -0.39 is 0 Å². The molecule has 0 saturated carbocycles. The van der Waals surface area contributed by atoms with E-state index in [1.807, 2.05) is 0 Å². The van der Waals surface area contributed by atoms with Crippen LogP contribution in [-0.2, 0) is 4.74 Å². The molecule has 4 heteroatoms. The van der Waals surface area contributed by atoms with Gasteiger partial charge in [0.25, 0.3) is 0 Å². The molecule has 4 nitrogen and oxygen atoms in total. The van der Waals surface area contributed by atoms with Crippen molar-refractivity contribution in [2.24, 2.45) is 5.41 Å². The van der Waals surface area contributed by atoms with Crippen molar-refractivity contribution in [3.8, 4) is 0 Å². The molecule has 1 fully saturated rings. The van der Waals surface area contributed by atoms with Crippen molar-refractivity contribution in [1.29, 1.82) is 0 Å². The van der Waals surface area contributed by atoms with Crippen LogP contribution in [0.5, 0.6) is 0 Å². The predicted octanol–water partition coefficient (Wildman–Crippen LogP) is 1.10. The van der Waals surface area contributed by atoms with Crippen LogP contribution in [0.1, 0.15) is 33.6 Å². The van der Waals surface area contributed by atoms with Gasteiger partial charge in [-0.1, -0.05) is 20.8 Å². The number of ether oxygens (including phenoxy) is 1. The lowest BCUT2D eigenvalue weighted by Crippen LogP contribution is -2.50. The summed E-state index contributed by atoms with van der Waals surface area (Å²) in [4.78, 5) is 2.45. The maximum atomic E-state index is 9.20. The Morgan fingerprint density at radius 1 is 1.33 bits per heavy atom. The number of aliphatic hydroxyl groups excluding tert-OH is 1. The minimum atomic E-state index is 0.00398. The van der Waals surface area contributed by atoms with Crippen LogP contribution in [0.3, 0.4) is 0 Å². The summed E-state index contributed by atoms with van der Waals surface area (Å²) >= 11 is 0. The van der Waals surface area contributed by atoms with Gasteiger partial charge in [-0.05, 0) is 24.8 Å². The number of hydrogen-bond donors (Lipinski definition) is 2. The van der Waals surface area contributed by atoms with Crippen molar-refractivity contribution in [3.63, 3.8) is 0 Å². The molecule has 0 aromatic rings. The van der Waals surface area contributed by atoms with Gasteiger partial charge in [-0.25, -0.2) is 0 Å². The van der Waals surface area contributed by atoms with Crippen LogP contribution in [0.25, 0.3) is 0 Å². The lowest BCUT2D eigenvalue weighted by molar-refractivity contribution is -0.0633.